The molecule has 0 aliphatic carbocycles. The normalized spacial score (nSPS) is 15.5. The fourth-order valence-electron chi connectivity index (χ4n) is 3.69. The third-order valence-electron chi connectivity index (χ3n) is 5.36. The van der Waals surface area contributed by atoms with Gasteiger partial charge in [-0.05, 0) is 35.9 Å². The number of carbonyl (C=O) groups is 1. The van der Waals surface area contributed by atoms with Crippen molar-refractivity contribution in [3.8, 4) is 5.75 Å². The second-order valence-electron chi connectivity index (χ2n) is 7.26. The van der Waals surface area contributed by atoms with Crippen molar-refractivity contribution in [2.24, 2.45) is 0 Å². The number of fused-ring (bicyclic) bond motifs is 1. The highest BCUT2D eigenvalue weighted by Gasteiger charge is 2.24. The zero-order valence-electron chi connectivity index (χ0n) is 17.1. The number of morpholine rings is 1. The van der Waals surface area contributed by atoms with Gasteiger partial charge in [-0.2, -0.15) is 0 Å². The molecule has 31 heavy (non-hydrogen) atoms. The molecule has 7 nitrogen and oxygen atoms in total. The number of halogens is 1. The quantitative estimate of drug-likeness (QED) is 0.575. The molecule has 1 fully saturated rings. The first-order valence-electron chi connectivity index (χ1n) is 10.0. The molecule has 3 aromatic rings. The van der Waals surface area contributed by atoms with Crippen molar-refractivity contribution in [3.63, 3.8) is 0 Å². The summed E-state index contributed by atoms with van der Waals surface area (Å²) in [5.41, 5.74) is 1.18. The molecule has 1 atom stereocenters. The summed E-state index contributed by atoms with van der Waals surface area (Å²) in [4.78, 5) is 27.5. The average Bonchev–Trinajstić information content (AvgIpc) is 2.79. The fraction of sp³-hybridized carbons (Fsp3) is 0.304. The van der Waals surface area contributed by atoms with Crippen LogP contribution in [0.5, 0.6) is 5.75 Å². The van der Waals surface area contributed by atoms with E-state index >= 15 is 0 Å². The SMILES string of the molecule is COc1ccc([C@@H](CNC(=O)c2cc(=O)c3ccc(Br)cc3o2)N2CCOCC2)cc1. The molecule has 1 aromatic heterocycles. The lowest BCUT2D eigenvalue weighted by Gasteiger charge is -2.35. The van der Waals surface area contributed by atoms with Crippen LogP contribution in [0.1, 0.15) is 22.2 Å². The first kappa shape index (κ1) is 21.5. The predicted molar refractivity (Wildman–Crippen MR) is 121 cm³/mol. The number of rotatable bonds is 6. The molecule has 4 rings (SSSR count). The van der Waals surface area contributed by atoms with Gasteiger partial charge in [0.1, 0.15) is 11.3 Å². The monoisotopic (exact) mass is 486 g/mol. The van der Waals surface area contributed by atoms with Crippen molar-refractivity contribution in [2.45, 2.75) is 6.04 Å². The maximum absolute atomic E-state index is 12.8. The van der Waals surface area contributed by atoms with E-state index in [1.165, 1.54) is 6.07 Å². The Kier molecular flexibility index (Phi) is 6.70. The van der Waals surface area contributed by atoms with Gasteiger partial charge in [0.05, 0.1) is 31.8 Å². The van der Waals surface area contributed by atoms with Crippen LogP contribution in [0.25, 0.3) is 11.0 Å². The Morgan fingerprint density at radius 1 is 1.16 bits per heavy atom. The molecule has 1 aliphatic heterocycles. The van der Waals surface area contributed by atoms with Crippen molar-refractivity contribution in [2.75, 3.05) is 40.0 Å². The lowest BCUT2D eigenvalue weighted by molar-refractivity contribution is 0.0161. The summed E-state index contributed by atoms with van der Waals surface area (Å²) >= 11 is 3.36. The topological polar surface area (TPSA) is 81.0 Å². The minimum Gasteiger partial charge on any atom is -0.497 e. The maximum atomic E-state index is 12.8. The summed E-state index contributed by atoms with van der Waals surface area (Å²) in [6, 6.07) is 14.1. The van der Waals surface area contributed by atoms with E-state index in [-0.39, 0.29) is 17.2 Å². The Bertz CT molecular complexity index is 1120. The van der Waals surface area contributed by atoms with Gasteiger partial charge in [-0.1, -0.05) is 28.1 Å². The molecule has 0 radical (unpaired) electrons. The van der Waals surface area contributed by atoms with Gasteiger partial charge in [-0.25, -0.2) is 0 Å². The Hall–Kier alpha value is -2.68. The van der Waals surface area contributed by atoms with Gasteiger partial charge >= 0.3 is 0 Å². The lowest BCUT2D eigenvalue weighted by atomic mass is 10.0. The molecule has 0 spiro atoms. The Balaban J connectivity index is 1.55. The van der Waals surface area contributed by atoms with Gasteiger partial charge in [0.25, 0.3) is 5.91 Å². The van der Waals surface area contributed by atoms with Crippen LogP contribution in [0.4, 0.5) is 0 Å². The Morgan fingerprint density at radius 2 is 1.90 bits per heavy atom. The maximum Gasteiger partial charge on any atom is 0.287 e. The molecule has 1 amide bonds. The third kappa shape index (κ3) is 4.98. The molecule has 1 N–H and O–H groups in total. The summed E-state index contributed by atoms with van der Waals surface area (Å²) in [6.45, 7) is 3.20. The minimum atomic E-state index is -0.425. The molecule has 0 bridgehead atoms. The average molecular weight is 487 g/mol. The van der Waals surface area contributed by atoms with E-state index in [4.69, 9.17) is 13.9 Å². The molecule has 8 heteroatoms. The van der Waals surface area contributed by atoms with Gasteiger partial charge < -0.3 is 19.2 Å². The molecule has 2 heterocycles. The number of benzene rings is 2. The van der Waals surface area contributed by atoms with Crippen molar-refractivity contribution >= 4 is 32.8 Å². The van der Waals surface area contributed by atoms with Crippen LogP contribution in [0.3, 0.4) is 0 Å². The van der Waals surface area contributed by atoms with Crippen molar-refractivity contribution in [3.05, 3.63) is 74.6 Å². The molecular weight excluding hydrogens is 464 g/mol. The van der Waals surface area contributed by atoms with Gasteiger partial charge in [-0.15, -0.1) is 0 Å². The number of amides is 1. The first-order chi connectivity index (χ1) is 15.0. The third-order valence-corrected chi connectivity index (χ3v) is 5.85. The van der Waals surface area contributed by atoms with Crippen molar-refractivity contribution in [1.29, 1.82) is 0 Å². The Labute approximate surface area is 188 Å². The first-order valence-corrected chi connectivity index (χ1v) is 10.8. The molecule has 162 valence electrons. The zero-order valence-corrected chi connectivity index (χ0v) is 18.7. The number of hydrogen-bond donors (Lipinski definition) is 1. The van der Waals surface area contributed by atoms with E-state index in [9.17, 15) is 9.59 Å². The van der Waals surface area contributed by atoms with E-state index < -0.39 is 5.91 Å². The van der Waals surface area contributed by atoms with E-state index in [1.54, 1.807) is 25.3 Å². The lowest BCUT2D eigenvalue weighted by Crippen LogP contribution is -2.43. The highest BCUT2D eigenvalue weighted by molar-refractivity contribution is 9.10. The van der Waals surface area contributed by atoms with E-state index in [2.05, 4.69) is 26.1 Å². The van der Waals surface area contributed by atoms with Crippen molar-refractivity contribution in [1.82, 2.24) is 10.2 Å². The smallest absolute Gasteiger partial charge is 0.287 e. The van der Waals surface area contributed by atoms with E-state index in [0.29, 0.717) is 30.7 Å². The van der Waals surface area contributed by atoms with Gasteiger partial charge in [0, 0.05) is 30.2 Å². The van der Waals surface area contributed by atoms with Gasteiger partial charge in [0.15, 0.2) is 11.2 Å². The number of ether oxygens (including phenoxy) is 2. The largest absolute Gasteiger partial charge is 0.497 e. The second kappa shape index (κ2) is 9.64. The molecule has 2 aromatic carbocycles. The second-order valence-corrected chi connectivity index (χ2v) is 8.18. The highest BCUT2D eigenvalue weighted by atomic mass is 79.9. The van der Waals surface area contributed by atoms with Crippen LogP contribution < -0.4 is 15.5 Å². The minimum absolute atomic E-state index is 0.00828. The summed E-state index contributed by atoms with van der Waals surface area (Å²) in [5, 5.41) is 3.37. The number of methoxy groups -OCH3 is 1. The van der Waals surface area contributed by atoms with Gasteiger partial charge in [0.2, 0.25) is 0 Å². The van der Waals surface area contributed by atoms with Crippen LogP contribution in [0.2, 0.25) is 0 Å². The van der Waals surface area contributed by atoms with E-state index in [0.717, 1.165) is 28.9 Å². The fourth-order valence-corrected chi connectivity index (χ4v) is 4.03. The standard InChI is InChI=1S/C23H23BrN2O5/c1-29-17-5-2-15(3-6-17)19(26-8-10-30-11-9-26)14-25-23(28)22-13-20(27)18-7-4-16(24)12-21(18)31-22/h2-7,12-13,19H,8-11,14H2,1H3,(H,25,28)/t19-/m1/s1. The molecule has 1 aliphatic rings. The van der Waals surface area contributed by atoms with Gasteiger partial charge in [-0.3, -0.25) is 14.5 Å². The van der Waals surface area contributed by atoms with E-state index in [1.807, 2.05) is 24.3 Å². The van der Waals surface area contributed by atoms with Crippen LogP contribution in [-0.4, -0.2) is 50.8 Å². The summed E-state index contributed by atoms with van der Waals surface area (Å²) in [5.74, 6) is 0.342. The summed E-state index contributed by atoms with van der Waals surface area (Å²) < 4.78 is 17.2. The molecule has 1 saturated heterocycles. The molecular formula is C23H23BrN2O5. The zero-order chi connectivity index (χ0) is 21.8. The number of hydrogen-bond acceptors (Lipinski definition) is 6. The number of carbonyl (C=O) groups excluding carboxylic acids is 1. The molecule has 0 unspecified atom stereocenters. The van der Waals surface area contributed by atoms with Crippen LogP contribution in [0.15, 0.2) is 62.2 Å². The summed E-state index contributed by atoms with van der Waals surface area (Å²) in [6.07, 6.45) is 0. The van der Waals surface area contributed by atoms with Crippen LogP contribution in [0, 0.1) is 0 Å². The molecule has 0 saturated carbocycles. The highest BCUT2D eigenvalue weighted by Crippen LogP contribution is 2.24. The van der Waals surface area contributed by atoms with Crippen molar-refractivity contribution < 1.29 is 18.7 Å². The number of nitrogens with one attached hydrogen (secondary N) is 1. The Morgan fingerprint density at radius 3 is 2.61 bits per heavy atom. The number of nitrogens with zero attached hydrogens (tertiary/aromatic N) is 1. The van der Waals surface area contributed by atoms with Crippen LogP contribution in [-0.2, 0) is 4.74 Å². The predicted octanol–water partition coefficient (Wildman–Crippen LogP) is 3.37. The van der Waals surface area contributed by atoms with Crippen LogP contribution >= 0.6 is 15.9 Å². The summed E-state index contributed by atoms with van der Waals surface area (Å²) in [7, 11) is 1.63.